The van der Waals surface area contributed by atoms with Crippen LogP contribution in [0.4, 0.5) is 0 Å². The van der Waals surface area contributed by atoms with E-state index in [1.165, 1.54) is 44.2 Å². The normalized spacial score (nSPS) is 41.0. The molecule has 0 aromatic rings. The van der Waals surface area contributed by atoms with E-state index in [1.807, 2.05) is 0 Å². The smallest absolute Gasteiger partial charge is 0.0312 e. The highest BCUT2D eigenvalue weighted by atomic mass is 15.3. The first-order valence-electron chi connectivity index (χ1n) is 6.95. The number of hydrogen-bond acceptors (Lipinski definition) is 1. The van der Waals surface area contributed by atoms with Crippen molar-refractivity contribution in [1.29, 1.82) is 0 Å². The third-order valence-electron chi connectivity index (χ3n) is 5.55. The Morgan fingerprint density at radius 1 is 1.38 bits per heavy atom. The Bertz CT molecular complexity index is 326. The van der Waals surface area contributed by atoms with E-state index < -0.39 is 0 Å². The molecule has 0 bridgehead atoms. The fraction of sp³-hybridized carbons (Fsp3) is 0.867. The highest BCUT2D eigenvalue weighted by Crippen LogP contribution is 2.68. The van der Waals surface area contributed by atoms with Crippen LogP contribution < -0.4 is 0 Å². The van der Waals surface area contributed by atoms with Gasteiger partial charge in [0.05, 0.1) is 0 Å². The summed E-state index contributed by atoms with van der Waals surface area (Å²) in [6.07, 6.45) is 7.09. The number of rotatable bonds is 2. The van der Waals surface area contributed by atoms with E-state index in [2.05, 4.69) is 32.3 Å². The van der Waals surface area contributed by atoms with Gasteiger partial charge in [-0.3, -0.25) is 4.90 Å². The Hall–Kier alpha value is -0.300. The molecule has 0 radical (unpaired) electrons. The summed E-state index contributed by atoms with van der Waals surface area (Å²) in [5.74, 6) is 0.816. The van der Waals surface area contributed by atoms with Crippen molar-refractivity contribution in [2.24, 2.45) is 11.3 Å². The molecule has 0 aromatic carbocycles. The molecule has 0 aromatic heterocycles. The SMILES string of the molecule is C=C1C[C@@]2(CC(C)C)N(CCC23CC3)[C@@H]1C. The van der Waals surface area contributed by atoms with Crippen LogP contribution in [0.25, 0.3) is 0 Å². The van der Waals surface area contributed by atoms with E-state index in [-0.39, 0.29) is 0 Å². The molecule has 1 nitrogen and oxygen atoms in total. The largest absolute Gasteiger partial charge is 0.290 e. The van der Waals surface area contributed by atoms with Gasteiger partial charge in [0.25, 0.3) is 0 Å². The van der Waals surface area contributed by atoms with Gasteiger partial charge in [-0.1, -0.05) is 26.0 Å². The summed E-state index contributed by atoms with van der Waals surface area (Å²) in [6.45, 7) is 12.8. The molecule has 0 amide bonds. The third kappa shape index (κ3) is 1.16. The third-order valence-corrected chi connectivity index (χ3v) is 5.55. The van der Waals surface area contributed by atoms with Crippen LogP contribution in [-0.2, 0) is 0 Å². The molecule has 2 saturated heterocycles. The number of nitrogens with zero attached hydrogens (tertiary/aromatic N) is 1. The maximum atomic E-state index is 4.32. The van der Waals surface area contributed by atoms with Crippen LogP contribution in [0.2, 0.25) is 0 Å². The van der Waals surface area contributed by atoms with Gasteiger partial charge in [-0.05, 0) is 56.9 Å². The van der Waals surface area contributed by atoms with E-state index >= 15 is 0 Å². The molecule has 2 atom stereocenters. The molecule has 3 fully saturated rings. The van der Waals surface area contributed by atoms with Crippen molar-refractivity contribution in [3.8, 4) is 0 Å². The Morgan fingerprint density at radius 3 is 2.62 bits per heavy atom. The molecular formula is C15H25N. The van der Waals surface area contributed by atoms with Crippen LogP contribution in [0.5, 0.6) is 0 Å². The molecule has 90 valence electrons. The first-order valence-corrected chi connectivity index (χ1v) is 6.95. The Labute approximate surface area is 99.9 Å². The van der Waals surface area contributed by atoms with Crippen LogP contribution in [-0.4, -0.2) is 23.0 Å². The average molecular weight is 219 g/mol. The molecule has 1 spiro atoms. The molecule has 1 saturated carbocycles. The monoisotopic (exact) mass is 219 g/mol. The fourth-order valence-electron chi connectivity index (χ4n) is 4.63. The van der Waals surface area contributed by atoms with Gasteiger partial charge in [0.2, 0.25) is 0 Å². The molecule has 1 aliphatic carbocycles. The number of hydrogen-bond donors (Lipinski definition) is 0. The molecule has 16 heavy (non-hydrogen) atoms. The minimum absolute atomic E-state index is 0.512. The Balaban J connectivity index is 1.98. The van der Waals surface area contributed by atoms with Gasteiger partial charge >= 0.3 is 0 Å². The van der Waals surface area contributed by atoms with Crippen LogP contribution in [0, 0.1) is 11.3 Å². The maximum Gasteiger partial charge on any atom is 0.0312 e. The van der Waals surface area contributed by atoms with Crippen molar-refractivity contribution in [3.05, 3.63) is 12.2 Å². The predicted octanol–water partition coefficient (Wildman–Crippen LogP) is 3.61. The standard InChI is InChI=1S/C15H25N/c1-11(2)9-15-10-12(3)13(4)16(15)8-7-14(15)5-6-14/h11,13H,3,5-10H2,1-2,4H3/t13-,15-/m1/s1. The van der Waals surface area contributed by atoms with E-state index in [4.69, 9.17) is 0 Å². The molecule has 0 unspecified atom stereocenters. The second kappa shape index (κ2) is 3.13. The Kier molecular flexibility index (Phi) is 2.12. The summed E-state index contributed by atoms with van der Waals surface area (Å²) in [6, 6.07) is 0.638. The molecule has 3 rings (SSSR count). The molecule has 2 aliphatic heterocycles. The van der Waals surface area contributed by atoms with E-state index in [1.54, 1.807) is 0 Å². The Morgan fingerprint density at radius 2 is 2.06 bits per heavy atom. The predicted molar refractivity (Wildman–Crippen MR) is 68.4 cm³/mol. The first-order chi connectivity index (χ1) is 7.51. The lowest BCUT2D eigenvalue weighted by Crippen LogP contribution is -2.47. The zero-order valence-electron chi connectivity index (χ0n) is 11.1. The first kappa shape index (κ1) is 10.8. The van der Waals surface area contributed by atoms with E-state index in [9.17, 15) is 0 Å². The van der Waals surface area contributed by atoms with Crippen LogP contribution in [0.1, 0.15) is 52.9 Å². The fourth-order valence-corrected chi connectivity index (χ4v) is 4.63. The quantitative estimate of drug-likeness (QED) is 0.641. The van der Waals surface area contributed by atoms with Gasteiger partial charge in [-0.25, -0.2) is 0 Å². The van der Waals surface area contributed by atoms with E-state index in [0.29, 0.717) is 17.0 Å². The second-order valence-corrected chi connectivity index (χ2v) is 6.86. The number of fused-ring (bicyclic) bond motifs is 2. The molecule has 2 heterocycles. The molecule has 3 aliphatic rings. The van der Waals surface area contributed by atoms with Crippen molar-refractivity contribution in [1.82, 2.24) is 4.90 Å². The summed E-state index contributed by atoms with van der Waals surface area (Å²) in [5, 5.41) is 0. The second-order valence-electron chi connectivity index (χ2n) is 6.86. The van der Waals surface area contributed by atoms with Crippen molar-refractivity contribution in [2.45, 2.75) is 64.5 Å². The summed E-state index contributed by atoms with van der Waals surface area (Å²) in [5.41, 5.74) is 2.70. The summed E-state index contributed by atoms with van der Waals surface area (Å²) in [7, 11) is 0. The molecule has 1 heteroatoms. The van der Waals surface area contributed by atoms with Gasteiger partial charge in [0.1, 0.15) is 0 Å². The van der Waals surface area contributed by atoms with Crippen molar-refractivity contribution in [2.75, 3.05) is 6.54 Å². The van der Waals surface area contributed by atoms with E-state index in [0.717, 1.165) is 5.92 Å². The molecular weight excluding hydrogens is 194 g/mol. The molecule has 0 N–H and O–H groups in total. The summed E-state index contributed by atoms with van der Waals surface area (Å²) >= 11 is 0. The highest BCUT2D eigenvalue weighted by Gasteiger charge is 2.67. The maximum absolute atomic E-state index is 4.32. The van der Waals surface area contributed by atoms with Gasteiger partial charge in [0.15, 0.2) is 0 Å². The highest BCUT2D eigenvalue weighted by molar-refractivity contribution is 5.30. The summed E-state index contributed by atoms with van der Waals surface area (Å²) in [4.78, 5) is 2.81. The lowest BCUT2D eigenvalue weighted by atomic mass is 9.74. The summed E-state index contributed by atoms with van der Waals surface area (Å²) < 4.78 is 0. The minimum atomic E-state index is 0.512. The lowest BCUT2D eigenvalue weighted by molar-refractivity contribution is 0.0869. The van der Waals surface area contributed by atoms with Crippen molar-refractivity contribution < 1.29 is 0 Å². The van der Waals surface area contributed by atoms with Gasteiger partial charge < -0.3 is 0 Å². The van der Waals surface area contributed by atoms with Gasteiger partial charge in [0, 0.05) is 11.6 Å². The van der Waals surface area contributed by atoms with Crippen molar-refractivity contribution in [3.63, 3.8) is 0 Å². The minimum Gasteiger partial charge on any atom is -0.290 e. The van der Waals surface area contributed by atoms with Crippen LogP contribution >= 0.6 is 0 Å². The van der Waals surface area contributed by atoms with Crippen LogP contribution in [0.3, 0.4) is 0 Å². The lowest BCUT2D eigenvalue weighted by Gasteiger charge is -2.40. The van der Waals surface area contributed by atoms with Crippen LogP contribution in [0.15, 0.2) is 12.2 Å². The van der Waals surface area contributed by atoms with Gasteiger partial charge in [-0.2, -0.15) is 0 Å². The average Bonchev–Trinajstić information content (AvgIpc) is 2.86. The topological polar surface area (TPSA) is 3.24 Å². The van der Waals surface area contributed by atoms with Crippen molar-refractivity contribution >= 4 is 0 Å². The van der Waals surface area contributed by atoms with Gasteiger partial charge in [-0.15, -0.1) is 0 Å². The zero-order chi connectivity index (χ0) is 11.6. The zero-order valence-corrected chi connectivity index (χ0v) is 11.1.